The number of benzene rings is 2. The SMILES string of the molecule is COCCNC(=O)CC(NC(=O)C=Cc1cc(Cl)ccc1-n1cnnn1)C(=O)Nc1ccc(C(=O)OC(C)(C)C)cc1. The molecule has 0 bridgehead atoms. The van der Waals surface area contributed by atoms with E-state index in [1.807, 2.05) is 0 Å². The van der Waals surface area contributed by atoms with Crippen molar-refractivity contribution in [2.45, 2.75) is 38.8 Å². The van der Waals surface area contributed by atoms with Gasteiger partial charge in [0.15, 0.2) is 0 Å². The summed E-state index contributed by atoms with van der Waals surface area (Å²) in [5.41, 5.74) is 1.10. The molecular weight excluding hydrogens is 566 g/mol. The topological polar surface area (TPSA) is 166 Å². The zero-order chi connectivity index (χ0) is 30.7. The molecule has 1 aromatic heterocycles. The van der Waals surface area contributed by atoms with Crippen LogP contribution < -0.4 is 16.0 Å². The molecule has 3 rings (SSSR count). The van der Waals surface area contributed by atoms with E-state index in [1.54, 1.807) is 39.0 Å². The van der Waals surface area contributed by atoms with Gasteiger partial charge in [-0.1, -0.05) is 11.6 Å². The van der Waals surface area contributed by atoms with Crippen LogP contribution in [0.1, 0.15) is 43.1 Å². The first-order chi connectivity index (χ1) is 19.9. The number of methoxy groups -OCH3 is 1. The summed E-state index contributed by atoms with van der Waals surface area (Å²) >= 11 is 6.13. The molecule has 0 aliphatic rings. The lowest BCUT2D eigenvalue weighted by Crippen LogP contribution is -2.46. The highest BCUT2D eigenvalue weighted by atomic mass is 35.5. The Bertz CT molecular complexity index is 1420. The number of carbonyl (C=O) groups excluding carboxylic acids is 4. The van der Waals surface area contributed by atoms with Gasteiger partial charge in [0.25, 0.3) is 0 Å². The Balaban J connectivity index is 1.73. The molecule has 222 valence electrons. The van der Waals surface area contributed by atoms with Gasteiger partial charge in [-0.2, -0.15) is 4.68 Å². The minimum absolute atomic E-state index is 0.234. The van der Waals surface area contributed by atoms with Gasteiger partial charge in [-0.3, -0.25) is 14.4 Å². The quantitative estimate of drug-likeness (QED) is 0.161. The van der Waals surface area contributed by atoms with Gasteiger partial charge in [-0.05, 0) is 79.7 Å². The van der Waals surface area contributed by atoms with E-state index < -0.39 is 35.3 Å². The lowest BCUT2D eigenvalue weighted by molar-refractivity contribution is -0.128. The number of nitrogens with one attached hydrogen (secondary N) is 3. The summed E-state index contributed by atoms with van der Waals surface area (Å²) in [6.07, 6.45) is 3.75. The standard InChI is InChI=1S/C28H32ClN7O6/c1-28(2,3)42-27(40)18-5-9-21(10-6-18)32-26(39)22(16-25(38)30-13-14-41-4)33-24(37)12-7-19-15-20(29)8-11-23(19)36-17-31-34-35-36/h5-12,15,17,22H,13-14,16H2,1-4H3,(H,30,38)(H,32,39)(H,33,37). The average molecular weight is 598 g/mol. The van der Waals surface area contributed by atoms with Gasteiger partial charge < -0.3 is 25.4 Å². The molecule has 1 unspecified atom stereocenters. The van der Waals surface area contributed by atoms with Crippen molar-refractivity contribution in [2.75, 3.05) is 25.6 Å². The number of nitrogens with zero attached hydrogens (tertiary/aromatic N) is 4. The summed E-state index contributed by atoms with van der Waals surface area (Å²) < 4.78 is 11.7. The van der Waals surface area contributed by atoms with Crippen LogP contribution in [0, 0.1) is 0 Å². The van der Waals surface area contributed by atoms with Crippen LogP contribution in [0.3, 0.4) is 0 Å². The molecule has 1 heterocycles. The first kappa shape index (κ1) is 31.9. The smallest absolute Gasteiger partial charge is 0.338 e. The summed E-state index contributed by atoms with van der Waals surface area (Å²) in [4.78, 5) is 50.8. The number of tetrazole rings is 1. The molecule has 14 heteroatoms. The zero-order valence-corrected chi connectivity index (χ0v) is 24.3. The van der Waals surface area contributed by atoms with E-state index in [-0.39, 0.29) is 19.6 Å². The predicted octanol–water partition coefficient (Wildman–Crippen LogP) is 2.56. The van der Waals surface area contributed by atoms with Gasteiger partial charge in [-0.15, -0.1) is 5.10 Å². The highest BCUT2D eigenvalue weighted by Gasteiger charge is 2.24. The maximum absolute atomic E-state index is 13.2. The monoisotopic (exact) mass is 597 g/mol. The molecular formula is C28H32ClN7O6. The number of halogens is 1. The van der Waals surface area contributed by atoms with Crippen molar-refractivity contribution in [1.29, 1.82) is 0 Å². The Labute approximate surface area is 247 Å². The Morgan fingerprint density at radius 3 is 2.48 bits per heavy atom. The van der Waals surface area contributed by atoms with Gasteiger partial charge in [-0.25, -0.2) is 4.79 Å². The fourth-order valence-electron chi connectivity index (χ4n) is 3.54. The van der Waals surface area contributed by atoms with E-state index in [0.29, 0.717) is 27.5 Å². The number of carbonyl (C=O) groups is 4. The van der Waals surface area contributed by atoms with Gasteiger partial charge in [0.1, 0.15) is 18.0 Å². The second-order valence-electron chi connectivity index (χ2n) is 9.97. The van der Waals surface area contributed by atoms with Gasteiger partial charge in [0, 0.05) is 36.0 Å². The highest BCUT2D eigenvalue weighted by Crippen LogP contribution is 2.20. The van der Waals surface area contributed by atoms with Crippen molar-refractivity contribution < 1.29 is 28.7 Å². The number of aromatic nitrogens is 4. The van der Waals surface area contributed by atoms with Gasteiger partial charge in [0.2, 0.25) is 17.7 Å². The minimum atomic E-state index is -1.23. The van der Waals surface area contributed by atoms with E-state index in [4.69, 9.17) is 21.1 Å². The molecule has 1 atom stereocenters. The lowest BCUT2D eigenvalue weighted by Gasteiger charge is -2.20. The third-order valence-corrected chi connectivity index (χ3v) is 5.67. The average Bonchev–Trinajstić information content (AvgIpc) is 3.46. The normalized spacial score (nSPS) is 12.0. The number of rotatable bonds is 12. The third kappa shape index (κ3) is 10.1. The van der Waals surface area contributed by atoms with Crippen LogP contribution in [0.25, 0.3) is 11.8 Å². The zero-order valence-electron chi connectivity index (χ0n) is 23.6. The molecule has 3 N–H and O–H groups in total. The van der Waals surface area contributed by atoms with Gasteiger partial charge in [0.05, 0.1) is 24.3 Å². The van der Waals surface area contributed by atoms with Crippen molar-refractivity contribution in [3.05, 3.63) is 71.0 Å². The fourth-order valence-corrected chi connectivity index (χ4v) is 3.72. The molecule has 3 aromatic rings. The van der Waals surface area contributed by atoms with Crippen LogP contribution in [0.5, 0.6) is 0 Å². The number of ether oxygens (including phenoxy) is 2. The Morgan fingerprint density at radius 1 is 1.10 bits per heavy atom. The van der Waals surface area contributed by atoms with E-state index in [9.17, 15) is 19.2 Å². The fraction of sp³-hybridized carbons (Fsp3) is 0.321. The molecule has 42 heavy (non-hydrogen) atoms. The maximum atomic E-state index is 13.2. The number of anilines is 1. The van der Waals surface area contributed by atoms with Crippen LogP contribution in [-0.2, 0) is 23.9 Å². The molecule has 0 radical (unpaired) electrons. The molecule has 0 aliphatic heterocycles. The Hall–Kier alpha value is -4.62. The van der Waals surface area contributed by atoms with Gasteiger partial charge >= 0.3 is 5.97 Å². The van der Waals surface area contributed by atoms with Crippen LogP contribution in [0.4, 0.5) is 5.69 Å². The Kier molecular flexibility index (Phi) is 11.3. The second kappa shape index (κ2) is 14.8. The first-order valence-corrected chi connectivity index (χ1v) is 13.2. The van der Waals surface area contributed by atoms with Crippen molar-refractivity contribution in [3.8, 4) is 5.69 Å². The van der Waals surface area contributed by atoms with Crippen LogP contribution in [-0.4, -0.2) is 75.8 Å². The van der Waals surface area contributed by atoms with Crippen molar-refractivity contribution in [3.63, 3.8) is 0 Å². The second-order valence-corrected chi connectivity index (χ2v) is 10.4. The molecule has 0 spiro atoms. The molecule has 0 saturated carbocycles. The van der Waals surface area contributed by atoms with Crippen LogP contribution >= 0.6 is 11.6 Å². The third-order valence-electron chi connectivity index (χ3n) is 5.44. The Morgan fingerprint density at radius 2 is 1.83 bits per heavy atom. The van der Waals surface area contributed by atoms with Crippen molar-refractivity contribution in [1.82, 2.24) is 30.8 Å². The summed E-state index contributed by atoms with van der Waals surface area (Å²) in [5.74, 6) is -2.25. The maximum Gasteiger partial charge on any atom is 0.338 e. The molecule has 2 aromatic carbocycles. The number of hydrogen-bond donors (Lipinski definition) is 3. The highest BCUT2D eigenvalue weighted by molar-refractivity contribution is 6.30. The number of amides is 3. The molecule has 0 saturated heterocycles. The van der Waals surface area contributed by atoms with Crippen molar-refractivity contribution in [2.24, 2.45) is 0 Å². The number of hydrogen-bond acceptors (Lipinski definition) is 9. The van der Waals surface area contributed by atoms with Crippen LogP contribution in [0.2, 0.25) is 5.02 Å². The summed E-state index contributed by atoms with van der Waals surface area (Å²) in [6.45, 7) is 5.80. The molecule has 13 nitrogen and oxygen atoms in total. The molecule has 0 aliphatic carbocycles. The molecule has 3 amide bonds. The van der Waals surface area contributed by atoms with E-state index in [1.165, 1.54) is 54.5 Å². The largest absolute Gasteiger partial charge is 0.456 e. The predicted molar refractivity (Wildman–Crippen MR) is 155 cm³/mol. The number of esters is 1. The summed E-state index contributed by atoms with van der Waals surface area (Å²) in [5, 5.41) is 19.4. The van der Waals surface area contributed by atoms with E-state index in [2.05, 4.69) is 31.5 Å². The lowest BCUT2D eigenvalue weighted by atomic mass is 10.1. The first-order valence-electron chi connectivity index (χ1n) is 12.9. The minimum Gasteiger partial charge on any atom is -0.456 e. The van der Waals surface area contributed by atoms with Crippen molar-refractivity contribution >= 4 is 47.1 Å². The van der Waals surface area contributed by atoms with E-state index in [0.717, 1.165) is 0 Å². The molecule has 0 fully saturated rings. The van der Waals surface area contributed by atoms with Crippen LogP contribution in [0.15, 0.2) is 54.9 Å². The van der Waals surface area contributed by atoms with E-state index >= 15 is 0 Å². The summed E-state index contributed by atoms with van der Waals surface area (Å²) in [6, 6.07) is 9.78. The summed E-state index contributed by atoms with van der Waals surface area (Å²) in [7, 11) is 1.49.